The fourth-order valence-corrected chi connectivity index (χ4v) is 3.37. The molecule has 1 fully saturated rings. The van der Waals surface area contributed by atoms with E-state index in [2.05, 4.69) is 11.1 Å². The van der Waals surface area contributed by atoms with Gasteiger partial charge >= 0.3 is 5.97 Å². The van der Waals surface area contributed by atoms with Gasteiger partial charge in [0.15, 0.2) is 0 Å². The lowest BCUT2D eigenvalue weighted by Gasteiger charge is -2.35. The average Bonchev–Trinajstić information content (AvgIpc) is 2.48. The second kappa shape index (κ2) is 6.69. The molecule has 2 rings (SSSR count). The Morgan fingerprint density at radius 1 is 1.45 bits per heavy atom. The van der Waals surface area contributed by atoms with Crippen LogP contribution in [-0.4, -0.2) is 18.3 Å². The number of carbonyl (C=O) groups is 1. The van der Waals surface area contributed by atoms with Crippen LogP contribution in [-0.2, 0) is 9.53 Å². The van der Waals surface area contributed by atoms with E-state index in [-0.39, 0.29) is 17.8 Å². The molecule has 20 heavy (non-hydrogen) atoms. The monoisotopic (exact) mass is 274 g/mol. The molecular weight excluding hydrogens is 252 g/mol. The number of aliphatic imine (C=N–C) groups is 1. The fourth-order valence-electron chi connectivity index (χ4n) is 3.37. The molecule has 2 atom stereocenters. The molecule has 0 saturated heterocycles. The zero-order valence-electron chi connectivity index (χ0n) is 12.3. The number of esters is 1. The van der Waals surface area contributed by atoms with Crippen molar-refractivity contribution in [3.63, 3.8) is 0 Å². The summed E-state index contributed by atoms with van der Waals surface area (Å²) in [5.74, 6) is -0.242. The molecule has 1 saturated carbocycles. The smallest absolute Gasteiger partial charge is 0.335 e. The van der Waals surface area contributed by atoms with Crippen LogP contribution in [0.3, 0.4) is 0 Å². The van der Waals surface area contributed by atoms with Gasteiger partial charge in [-0.05, 0) is 32.6 Å². The molecule has 0 bridgehead atoms. The minimum atomic E-state index is -0.306. The third-order valence-corrected chi connectivity index (χ3v) is 4.38. The van der Waals surface area contributed by atoms with Crippen LogP contribution in [0, 0.1) is 29.1 Å². The molecule has 0 aromatic heterocycles. The summed E-state index contributed by atoms with van der Waals surface area (Å²) in [5, 5.41) is 9.48. The third kappa shape index (κ3) is 2.92. The van der Waals surface area contributed by atoms with E-state index in [9.17, 15) is 10.1 Å². The highest BCUT2D eigenvalue weighted by Crippen LogP contribution is 2.40. The lowest BCUT2D eigenvalue weighted by molar-refractivity contribution is -0.139. The van der Waals surface area contributed by atoms with Crippen molar-refractivity contribution in [2.24, 2.45) is 22.7 Å². The maximum Gasteiger partial charge on any atom is 0.335 e. The summed E-state index contributed by atoms with van der Waals surface area (Å²) in [6.07, 6.45) is 7.43. The number of rotatable bonds is 3. The van der Waals surface area contributed by atoms with Gasteiger partial charge in [0.2, 0.25) is 0 Å². The first-order valence-electron chi connectivity index (χ1n) is 7.50. The fraction of sp³-hybridized carbons (Fsp3) is 0.688. The maximum atomic E-state index is 12.2. The summed E-state index contributed by atoms with van der Waals surface area (Å²) in [6, 6.07) is 2.35. The van der Waals surface area contributed by atoms with Crippen LogP contribution in [0.2, 0.25) is 0 Å². The highest BCUT2D eigenvalue weighted by Gasteiger charge is 2.39. The molecule has 0 aromatic carbocycles. The SMILES string of the molecule is CCOC(=O)C1=CN=C(C)C(C#N)[C@H]1C1CCCCC1. The van der Waals surface area contributed by atoms with Crippen LogP contribution in [0.1, 0.15) is 46.0 Å². The predicted octanol–water partition coefficient (Wildman–Crippen LogP) is 3.24. The molecule has 0 aromatic rings. The first-order chi connectivity index (χ1) is 9.69. The Bertz CT molecular complexity index is 467. The molecule has 108 valence electrons. The van der Waals surface area contributed by atoms with Gasteiger partial charge < -0.3 is 4.74 Å². The standard InChI is InChI=1S/C16H22N2O2/c1-3-20-16(19)14-10-18-11(2)13(9-17)15(14)12-7-5-4-6-8-12/h10,12-13,15H,3-8H2,1-2H3/t13?,15-/m1/s1. The van der Waals surface area contributed by atoms with E-state index in [1.807, 2.05) is 6.92 Å². The van der Waals surface area contributed by atoms with Crippen LogP contribution in [0.15, 0.2) is 16.8 Å². The number of hydrogen-bond donors (Lipinski definition) is 0. The van der Waals surface area contributed by atoms with E-state index >= 15 is 0 Å². The van der Waals surface area contributed by atoms with Crippen LogP contribution in [0.5, 0.6) is 0 Å². The molecule has 1 aliphatic carbocycles. The van der Waals surface area contributed by atoms with E-state index in [1.165, 1.54) is 19.3 Å². The Balaban J connectivity index is 2.30. The molecule has 2 aliphatic rings. The van der Waals surface area contributed by atoms with E-state index in [0.29, 0.717) is 18.1 Å². The normalized spacial score (nSPS) is 27.2. The van der Waals surface area contributed by atoms with Gasteiger partial charge in [0.05, 0.1) is 24.2 Å². The van der Waals surface area contributed by atoms with Gasteiger partial charge in [-0.3, -0.25) is 4.99 Å². The van der Waals surface area contributed by atoms with Crippen molar-refractivity contribution in [1.29, 1.82) is 5.26 Å². The Morgan fingerprint density at radius 3 is 2.75 bits per heavy atom. The minimum Gasteiger partial charge on any atom is -0.463 e. The van der Waals surface area contributed by atoms with Crippen molar-refractivity contribution in [2.45, 2.75) is 46.0 Å². The molecular formula is C16H22N2O2. The largest absolute Gasteiger partial charge is 0.463 e. The van der Waals surface area contributed by atoms with Gasteiger partial charge in [-0.2, -0.15) is 5.26 Å². The second-order valence-electron chi connectivity index (χ2n) is 5.61. The van der Waals surface area contributed by atoms with Crippen LogP contribution >= 0.6 is 0 Å². The topological polar surface area (TPSA) is 62.4 Å². The van der Waals surface area contributed by atoms with Gasteiger partial charge in [-0.15, -0.1) is 0 Å². The van der Waals surface area contributed by atoms with Gasteiger partial charge in [0.25, 0.3) is 0 Å². The van der Waals surface area contributed by atoms with E-state index in [4.69, 9.17) is 4.74 Å². The number of hydrogen-bond acceptors (Lipinski definition) is 4. The zero-order chi connectivity index (χ0) is 14.5. The second-order valence-corrected chi connectivity index (χ2v) is 5.61. The van der Waals surface area contributed by atoms with Gasteiger partial charge in [-0.25, -0.2) is 4.79 Å². The van der Waals surface area contributed by atoms with E-state index in [1.54, 1.807) is 13.1 Å². The van der Waals surface area contributed by atoms with Crippen LogP contribution in [0.25, 0.3) is 0 Å². The van der Waals surface area contributed by atoms with Crippen molar-refractivity contribution in [3.8, 4) is 6.07 Å². The molecule has 4 heteroatoms. The summed E-state index contributed by atoms with van der Waals surface area (Å²) >= 11 is 0. The molecule has 0 amide bonds. The summed E-state index contributed by atoms with van der Waals surface area (Å²) in [5.41, 5.74) is 1.41. The van der Waals surface area contributed by atoms with Crippen molar-refractivity contribution in [1.82, 2.24) is 0 Å². The predicted molar refractivity (Wildman–Crippen MR) is 77.0 cm³/mol. The molecule has 0 spiro atoms. The van der Waals surface area contributed by atoms with Gasteiger partial charge in [0.1, 0.15) is 0 Å². The average molecular weight is 274 g/mol. The molecule has 1 heterocycles. The third-order valence-electron chi connectivity index (χ3n) is 4.38. The Hall–Kier alpha value is -1.63. The van der Waals surface area contributed by atoms with E-state index < -0.39 is 0 Å². The van der Waals surface area contributed by atoms with E-state index in [0.717, 1.165) is 18.6 Å². The number of nitriles is 1. The first kappa shape index (κ1) is 14.8. The molecule has 0 N–H and O–H groups in total. The Kier molecular flexibility index (Phi) is 4.94. The maximum absolute atomic E-state index is 12.2. The number of nitrogens with zero attached hydrogens (tertiary/aromatic N) is 2. The highest BCUT2D eigenvalue weighted by atomic mass is 16.5. The summed E-state index contributed by atoms with van der Waals surface area (Å²) < 4.78 is 5.14. The van der Waals surface area contributed by atoms with Crippen molar-refractivity contribution < 1.29 is 9.53 Å². The zero-order valence-corrected chi connectivity index (χ0v) is 12.3. The van der Waals surface area contributed by atoms with Gasteiger partial charge in [0, 0.05) is 17.8 Å². The summed E-state index contributed by atoms with van der Waals surface area (Å²) in [6.45, 7) is 4.03. The Labute approximate surface area is 120 Å². The molecule has 1 aliphatic heterocycles. The van der Waals surface area contributed by atoms with Crippen molar-refractivity contribution >= 4 is 11.7 Å². The minimum absolute atomic E-state index is 0.0446. The summed E-state index contributed by atoms with van der Waals surface area (Å²) in [4.78, 5) is 16.4. The van der Waals surface area contributed by atoms with Crippen molar-refractivity contribution in [2.75, 3.05) is 6.61 Å². The van der Waals surface area contributed by atoms with Crippen LogP contribution < -0.4 is 0 Å². The Morgan fingerprint density at radius 2 is 2.15 bits per heavy atom. The number of ether oxygens (including phenoxy) is 1. The lowest BCUT2D eigenvalue weighted by Crippen LogP contribution is -2.35. The first-order valence-corrected chi connectivity index (χ1v) is 7.50. The molecule has 4 nitrogen and oxygen atoms in total. The molecule has 0 radical (unpaired) electrons. The lowest BCUT2D eigenvalue weighted by atomic mass is 9.69. The highest BCUT2D eigenvalue weighted by molar-refractivity contribution is 5.95. The van der Waals surface area contributed by atoms with Gasteiger partial charge in [-0.1, -0.05) is 19.3 Å². The van der Waals surface area contributed by atoms with Crippen molar-refractivity contribution in [3.05, 3.63) is 11.8 Å². The van der Waals surface area contributed by atoms with Crippen LogP contribution in [0.4, 0.5) is 0 Å². The number of carbonyl (C=O) groups excluding carboxylic acids is 1. The molecule has 1 unspecified atom stereocenters. The summed E-state index contributed by atoms with van der Waals surface area (Å²) in [7, 11) is 0. The quantitative estimate of drug-likeness (QED) is 0.742.